The van der Waals surface area contributed by atoms with E-state index in [1.165, 1.54) is 24.3 Å². The van der Waals surface area contributed by atoms with Gasteiger partial charge in [-0.3, -0.25) is 9.69 Å². The van der Waals surface area contributed by atoms with Crippen LogP contribution in [0.15, 0.2) is 30.3 Å². The van der Waals surface area contributed by atoms with Gasteiger partial charge in [-0.25, -0.2) is 0 Å². The number of carbonyl (C=O) groups excluding carboxylic acids is 1. The zero-order valence-corrected chi connectivity index (χ0v) is 13.3. The minimum Gasteiger partial charge on any atom is -0.379 e. The maximum absolute atomic E-state index is 12.6. The lowest BCUT2D eigenvalue weighted by Gasteiger charge is -2.26. The minimum atomic E-state index is -4.38. The third-order valence-corrected chi connectivity index (χ3v) is 3.70. The van der Waals surface area contributed by atoms with E-state index >= 15 is 0 Å². The van der Waals surface area contributed by atoms with Crippen molar-refractivity contribution in [3.63, 3.8) is 0 Å². The number of benzene rings is 1. The molecule has 0 saturated carbocycles. The first-order valence-electron chi connectivity index (χ1n) is 7.88. The second-order valence-corrected chi connectivity index (χ2v) is 5.56. The molecule has 0 spiro atoms. The van der Waals surface area contributed by atoms with Crippen molar-refractivity contribution in [2.45, 2.75) is 12.6 Å². The molecule has 0 unspecified atom stereocenters. The summed E-state index contributed by atoms with van der Waals surface area (Å²) in [5, 5.41) is 2.73. The van der Waals surface area contributed by atoms with E-state index in [4.69, 9.17) is 4.74 Å². The van der Waals surface area contributed by atoms with E-state index in [-0.39, 0.29) is 5.91 Å². The summed E-state index contributed by atoms with van der Waals surface area (Å²) in [6, 6.07) is 4.87. The van der Waals surface area contributed by atoms with Crippen molar-refractivity contribution in [1.29, 1.82) is 0 Å². The van der Waals surface area contributed by atoms with Crippen molar-refractivity contribution < 1.29 is 22.7 Å². The van der Waals surface area contributed by atoms with Crippen LogP contribution < -0.4 is 5.32 Å². The molecular formula is C17H21F3N2O2. The highest BCUT2D eigenvalue weighted by Gasteiger charge is 2.30. The fraction of sp³-hybridized carbons (Fsp3) is 0.471. The van der Waals surface area contributed by atoms with E-state index < -0.39 is 11.7 Å². The molecule has 4 nitrogen and oxygen atoms in total. The molecule has 1 heterocycles. The maximum atomic E-state index is 12.6. The number of nitrogens with one attached hydrogen (secondary N) is 1. The Morgan fingerprint density at radius 2 is 2.04 bits per heavy atom. The van der Waals surface area contributed by atoms with Crippen LogP contribution in [0.4, 0.5) is 13.2 Å². The molecule has 1 saturated heterocycles. The Bertz CT molecular complexity index is 567. The Morgan fingerprint density at radius 3 is 2.75 bits per heavy atom. The molecule has 132 valence electrons. The molecule has 2 rings (SSSR count). The number of rotatable bonds is 6. The van der Waals surface area contributed by atoms with Gasteiger partial charge in [0.15, 0.2) is 0 Å². The van der Waals surface area contributed by atoms with Crippen molar-refractivity contribution >= 4 is 12.0 Å². The molecule has 1 aliphatic heterocycles. The van der Waals surface area contributed by atoms with Crippen molar-refractivity contribution in [2.24, 2.45) is 0 Å². The number of hydrogen-bond donors (Lipinski definition) is 1. The summed E-state index contributed by atoms with van der Waals surface area (Å²) in [4.78, 5) is 14.0. The first-order valence-corrected chi connectivity index (χ1v) is 7.88. The molecule has 0 bridgehead atoms. The normalized spacial score (nSPS) is 16.5. The number of halogens is 3. The second-order valence-electron chi connectivity index (χ2n) is 5.56. The van der Waals surface area contributed by atoms with Gasteiger partial charge in [0.1, 0.15) is 0 Å². The molecule has 1 amide bonds. The van der Waals surface area contributed by atoms with Crippen LogP contribution >= 0.6 is 0 Å². The van der Waals surface area contributed by atoms with Crippen molar-refractivity contribution in [2.75, 3.05) is 39.4 Å². The van der Waals surface area contributed by atoms with Crippen LogP contribution in [-0.2, 0) is 15.7 Å². The van der Waals surface area contributed by atoms with Gasteiger partial charge in [-0.05, 0) is 36.7 Å². The monoisotopic (exact) mass is 342 g/mol. The fourth-order valence-electron chi connectivity index (χ4n) is 2.39. The Balaban J connectivity index is 1.72. The Morgan fingerprint density at radius 1 is 1.29 bits per heavy atom. The van der Waals surface area contributed by atoms with Crippen molar-refractivity contribution in [3.8, 4) is 0 Å². The predicted octanol–water partition coefficient (Wildman–Crippen LogP) is 2.56. The zero-order valence-electron chi connectivity index (χ0n) is 13.3. The van der Waals surface area contributed by atoms with Gasteiger partial charge in [0.2, 0.25) is 5.91 Å². The highest BCUT2D eigenvalue weighted by Crippen LogP contribution is 2.29. The molecule has 1 N–H and O–H groups in total. The smallest absolute Gasteiger partial charge is 0.379 e. The van der Waals surface area contributed by atoms with Crippen LogP contribution in [0.25, 0.3) is 6.08 Å². The van der Waals surface area contributed by atoms with Crippen LogP contribution in [-0.4, -0.2) is 50.2 Å². The largest absolute Gasteiger partial charge is 0.416 e. The number of carbonyl (C=O) groups is 1. The fourth-order valence-corrected chi connectivity index (χ4v) is 2.39. The second kappa shape index (κ2) is 8.84. The highest BCUT2D eigenvalue weighted by molar-refractivity contribution is 5.91. The Hall–Kier alpha value is -1.86. The summed E-state index contributed by atoms with van der Waals surface area (Å²) in [6.45, 7) is 4.72. The van der Waals surface area contributed by atoms with Gasteiger partial charge in [0, 0.05) is 25.7 Å². The quantitative estimate of drug-likeness (QED) is 0.638. The summed E-state index contributed by atoms with van der Waals surface area (Å²) in [6.07, 6.45) is -0.925. The summed E-state index contributed by atoms with van der Waals surface area (Å²) >= 11 is 0. The minimum absolute atomic E-state index is 0.311. The zero-order chi connectivity index (χ0) is 17.4. The number of ether oxygens (including phenoxy) is 1. The average molecular weight is 342 g/mol. The van der Waals surface area contributed by atoms with Crippen LogP contribution in [0, 0.1) is 0 Å². The molecule has 0 radical (unpaired) electrons. The van der Waals surface area contributed by atoms with Gasteiger partial charge >= 0.3 is 6.18 Å². The molecular weight excluding hydrogens is 321 g/mol. The lowest BCUT2D eigenvalue weighted by molar-refractivity contribution is -0.137. The van der Waals surface area contributed by atoms with E-state index in [0.717, 1.165) is 51.4 Å². The summed E-state index contributed by atoms with van der Waals surface area (Å²) in [7, 11) is 0. The molecule has 0 aromatic heterocycles. The van der Waals surface area contributed by atoms with Gasteiger partial charge in [0.25, 0.3) is 0 Å². The van der Waals surface area contributed by atoms with Crippen molar-refractivity contribution in [1.82, 2.24) is 10.2 Å². The third kappa shape index (κ3) is 6.33. The molecule has 1 fully saturated rings. The van der Waals surface area contributed by atoms with E-state index in [9.17, 15) is 18.0 Å². The summed E-state index contributed by atoms with van der Waals surface area (Å²) in [5.41, 5.74) is -0.385. The molecule has 24 heavy (non-hydrogen) atoms. The van der Waals surface area contributed by atoms with Crippen LogP contribution in [0.2, 0.25) is 0 Å². The van der Waals surface area contributed by atoms with E-state index in [1.807, 2.05) is 0 Å². The van der Waals surface area contributed by atoms with Crippen LogP contribution in [0.3, 0.4) is 0 Å². The number of morpholine rings is 1. The Labute approximate surface area is 139 Å². The summed E-state index contributed by atoms with van der Waals surface area (Å²) < 4.78 is 43.1. The van der Waals surface area contributed by atoms with Gasteiger partial charge in [0.05, 0.1) is 18.8 Å². The maximum Gasteiger partial charge on any atom is 0.416 e. The topological polar surface area (TPSA) is 41.6 Å². The van der Waals surface area contributed by atoms with Crippen molar-refractivity contribution in [3.05, 3.63) is 41.5 Å². The molecule has 1 aromatic rings. The number of nitrogens with zero attached hydrogens (tertiary/aromatic N) is 1. The van der Waals surface area contributed by atoms with Gasteiger partial charge in [-0.15, -0.1) is 0 Å². The van der Waals surface area contributed by atoms with Crippen LogP contribution in [0.5, 0.6) is 0 Å². The molecule has 1 aromatic carbocycles. The number of alkyl halides is 3. The number of hydrogen-bond acceptors (Lipinski definition) is 3. The standard InChI is InChI=1S/C17H21F3N2O2/c18-17(19,20)15-4-1-3-14(13-15)5-6-16(23)21-7-2-8-22-9-11-24-12-10-22/h1,3-6,13H,2,7-12H2,(H,21,23)/b6-5+. The molecule has 0 atom stereocenters. The first-order chi connectivity index (χ1) is 11.4. The SMILES string of the molecule is O=C(/C=C/c1cccc(C(F)(F)F)c1)NCCCN1CCOCC1. The van der Waals surface area contributed by atoms with E-state index in [1.54, 1.807) is 0 Å². The van der Waals surface area contributed by atoms with E-state index in [2.05, 4.69) is 10.2 Å². The summed E-state index contributed by atoms with van der Waals surface area (Å²) in [5.74, 6) is -0.311. The third-order valence-electron chi connectivity index (χ3n) is 3.70. The predicted molar refractivity (Wildman–Crippen MR) is 85.4 cm³/mol. The molecule has 0 aliphatic carbocycles. The Kier molecular flexibility index (Phi) is 6.81. The van der Waals surface area contributed by atoms with Crippen LogP contribution in [0.1, 0.15) is 17.5 Å². The molecule has 7 heteroatoms. The average Bonchev–Trinajstić information content (AvgIpc) is 2.57. The van der Waals surface area contributed by atoms with E-state index in [0.29, 0.717) is 12.1 Å². The highest BCUT2D eigenvalue weighted by atomic mass is 19.4. The lowest BCUT2D eigenvalue weighted by Crippen LogP contribution is -2.38. The first kappa shape index (κ1) is 18.5. The lowest BCUT2D eigenvalue weighted by atomic mass is 10.1. The van der Waals surface area contributed by atoms with Gasteiger partial charge in [-0.1, -0.05) is 12.1 Å². The van der Waals surface area contributed by atoms with Gasteiger partial charge < -0.3 is 10.1 Å². The van der Waals surface area contributed by atoms with Gasteiger partial charge in [-0.2, -0.15) is 13.2 Å². The molecule has 1 aliphatic rings. The number of amides is 1.